The zero-order valence-electron chi connectivity index (χ0n) is 12.5. The molecule has 0 aromatic heterocycles. The second-order valence-electron chi connectivity index (χ2n) is 4.67. The fourth-order valence-corrected chi connectivity index (χ4v) is 2.76. The topological polar surface area (TPSA) is 92.3 Å². The quantitative estimate of drug-likeness (QED) is 0.406. The zero-order valence-corrected chi connectivity index (χ0v) is 13.3. The standard InChI is InChI=1S/C15H20N2O4S/c1-3-10-16-15(19)5-4-11-17-22(20,21)14-8-6-13(7-9-14)12(2)18/h3,6-9,17H,1,4-5,10-11H2,2H3,(H,16,19). The summed E-state index contributed by atoms with van der Waals surface area (Å²) >= 11 is 0. The number of sulfonamides is 1. The van der Waals surface area contributed by atoms with Crippen molar-refractivity contribution in [3.8, 4) is 0 Å². The number of hydrogen-bond acceptors (Lipinski definition) is 4. The van der Waals surface area contributed by atoms with E-state index in [-0.39, 0.29) is 29.6 Å². The lowest BCUT2D eigenvalue weighted by atomic mass is 10.2. The lowest BCUT2D eigenvalue weighted by Crippen LogP contribution is -2.27. The molecule has 0 aliphatic carbocycles. The third kappa shape index (κ3) is 5.79. The Balaban J connectivity index is 2.48. The van der Waals surface area contributed by atoms with E-state index < -0.39 is 10.0 Å². The lowest BCUT2D eigenvalue weighted by molar-refractivity contribution is -0.120. The molecule has 0 unspecified atom stereocenters. The molecule has 0 atom stereocenters. The predicted octanol–water partition coefficient (Wildman–Crippen LogP) is 1.25. The van der Waals surface area contributed by atoms with E-state index in [9.17, 15) is 18.0 Å². The Hall–Kier alpha value is -1.99. The molecule has 1 aromatic rings. The van der Waals surface area contributed by atoms with Crippen molar-refractivity contribution in [2.75, 3.05) is 13.1 Å². The summed E-state index contributed by atoms with van der Waals surface area (Å²) in [4.78, 5) is 22.6. The normalized spacial score (nSPS) is 11.0. The number of benzene rings is 1. The van der Waals surface area contributed by atoms with Gasteiger partial charge in [0.25, 0.3) is 0 Å². The first-order chi connectivity index (χ1) is 10.4. The average molecular weight is 324 g/mol. The van der Waals surface area contributed by atoms with Crippen LogP contribution in [-0.2, 0) is 14.8 Å². The van der Waals surface area contributed by atoms with Crippen LogP contribution in [0.25, 0.3) is 0 Å². The summed E-state index contributed by atoms with van der Waals surface area (Å²) in [5.41, 5.74) is 0.456. The van der Waals surface area contributed by atoms with E-state index in [1.54, 1.807) is 6.08 Å². The molecule has 1 amide bonds. The van der Waals surface area contributed by atoms with Crippen LogP contribution in [0.4, 0.5) is 0 Å². The summed E-state index contributed by atoms with van der Waals surface area (Å²) in [6.45, 7) is 5.46. The minimum atomic E-state index is -3.63. The van der Waals surface area contributed by atoms with Crippen molar-refractivity contribution in [2.24, 2.45) is 0 Å². The van der Waals surface area contributed by atoms with E-state index in [0.717, 1.165) is 0 Å². The monoisotopic (exact) mass is 324 g/mol. The van der Waals surface area contributed by atoms with Gasteiger partial charge < -0.3 is 5.32 Å². The molecule has 22 heavy (non-hydrogen) atoms. The molecule has 0 saturated heterocycles. The fraction of sp³-hybridized carbons (Fsp3) is 0.333. The van der Waals surface area contributed by atoms with E-state index in [1.807, 2.05) is 0 Å². The molecule has 120 valence electrons. The van der Waals surface area contributed by atoms with Gasteiger partial charge in [0.05, 0.1) is 4.90 Å². The van der Waals surface area contributed by atoms with Crippen molar-refractivity contribution in [3.05, 3.63) is 42.5 Å². The van der Waals surface area contributed by atoms with Crippen LogP contribution in [-0.4, -0.2) is 33.2 Å². The van der Waals surface area contributed by atoms with E-state index in [4.69, 9.17) is 0 Å². The van der Waals surface area contributed by atoms with E-state index in [0.29, 0.717) is 18.5 Å². The second kappa shape index (κ2) is 8.45. The van der Waals surface area contributed by atoms with Crippen LogP contribution in [0.1, 0.15) is 30.1 Å². The van der Waals surface area contributed by atoms with Gasteiger partial charge in [0.1, 0.15) is 0 Å². The maximum Gasteiger partial charge on any atom is 0.240 e. The van der Waals surface area contributed by atoms with Crippen LogP contribution < -0.4 is 10.0 Å². The molecule has 2 N–H and O–H groups in total. The Morgan fingerprint density at radius 3 is 2.41 bits per heavy atom. The number of rotatable bonds is 9. The molecule has 0 aliphatic heterocycles. The molecule has 1 rings (SSSR count). The van der Waals surface area contributed by atoms with E-state index in [2.05, 4.69) is 16.6 Å². The third-order valence-electron chi connectivity index (χ3n) is 2.89. The minimum absolute atomic E-state index is 0.0913. The number of nitrogens with one attached hydrogen (secondary N) is 2. The van der Waals surface area contributed by atoms with E-state index in [1.165, 1.54) is 31.2 Å². The molecule has 7 heteroatoms. The van der Waals surface area contributed by atoms with Gasteiger partial charge in [0, 0.05) is 25.1 Å². The number of Topliss-reactive ketones (excluding diaryl/α,β-unsaturated/α-hetero) is 1. The Labute approximate surface area is 130 Å². The molecule has 6 nitrogen and oxygen atoms in total. The van der Waals surface area contributed by atoms with Crippen molar-refractivity contribution < 1.29 is 18.0 Å². The highest BCUT2D eigenvalue weighted by atomic mass is 32.2. The SMILES string of the molecule is C=CCNC(=O)CCCNS(=O)(=O)c1ccc(C(C)=O)cc1. The Morgan fingerprint density at radius 1 is 1.23 bits per heavy atom. The van der Waals surface area contributed by atoms with Gasteiger partial charge in [-0.05, 0) is 25.5 Å². The van der Waals surface area contributed by atoms with Crippen LogP contribution in [0.5, 0.6) is 0 Å². The van der Waals surface area contributed by atoms with Crippen LogP contribution in [0.3, 0.4) is 0 Å². The third-order valence-corrected chi connectivity index (χ3v) is 4.36. The Kier molecular flexibility index (Phi) is 6.94. The average Bonchev–Trinajstić information content (AvgIpc) is 2.49. The summed E-state index contributed by atoms with van der Waals surface area (Å²) in [5.74, 6) is -0.271. The van der Waals surface area contributed by atoms with Crippen molar-refractivity contribution >= 4 is 21.7 Å². The van der Waals surface area contributed by atoms with Gasteiger partial charge in [0.2, 0.25) is 15.9 Å². The predicted molar refractivity (Wildman–Crippen MR) is 84.1 cm³/mol. The van der Waals surface area contributed by atoms with Gasteiger partial charge in [-0.3, -0.25) is 9.59 Å². The zero-order chi connectivity index (χ0) is 16.6. The van der Waals surface area contributed by atoms with Gasteiger partial charge >= 0.3 is 0 Å². The van der Waals surface area contributed by atoms with Crippen LogP contribution in [0, 0.1) is 0 Å². The summed E-state index contributed by atoms with van der Waals surface area (Å²) in [7, 11) is -3.63. The summed E-state index contributed by atoms with van der Waals surface area (Å²) < 4.78 is 26.5. The Bertz CT molecular complexity index is 636. The van der Waals surface area contributed by atoms with Crippen molar-refractivity contribution in [2.45, 2.75) is 24.7 Å². The molecule has 0 radical (unpaired) electrons. The van der Waals surface area contributed by atoms with Crippen molar-refractivity contribution in [3.63, 3.8) is 0 Å². The van der Waals surface area contributed by atoms with Gasteiger partial charge in [-0.15, -0.1) is 6.58 Å². The van der Waals surface area contributed by atoms with E-state index >= 15 is 0 Å². The molecular formula is C15H20N2O4S. The first kappa shape index (κ1) is 18.1. The first-order valence-corrected chi connectivity index (χ1v) is 8.33. The number of amides is 1. The van der Waals surface area contributed by atoms with Crippen LogP contribution in [0.15, 0.2) is 41.8 Å². The molecule has 1 aromatic carbocycles. The molecule has 0 heterocycles. The highest BCUT2D eigenvalue weighted by Gasteiger charge is 2.13. The minimum Gasteiger partial charge on any atom is -0.353 e. The highest BCUT2D eigenvalue weighted by Crippen LogP contribution is 2.11. The van der Waals surface area contributed by atoms with Gasteiger partial charge in [-0.1, -0.05) is 18.2 Å². The number of hydrogen-bond donors (Lipinski definition) is 2. The van der Waals surface area contributed by atoms with Gasteiger partial charge in [0.15, 0.2) is 5.78 Å². The number of carbonyl (C=O) groups excluding carboxylic acids is 2. The summed E-state index contributed by atoms with van der Waals surface area (Å²) in [6, 6.07) is 5.71. The second-order valence-corrected chi connectivity index (χ2v) is 6.44. The van der Waals surface area contributed by atoms with Crippen molar-refractivity contribution in [1.29, 1.82) is 0 Å². The maximum absolute atomic E-state index is 12.0. The summed E-state index contributed by atoms with van der Waals surface area (Å²) in [5, 5.41) is 2.61. The number of carbonyl (C=O) groups is 2. The van der Waals surface area contributed by atoms with Crippen molar-refractivity contribution in [1.82, 2.24) is 10.0 Å². The molecule has 0 bridgehead atoms. The van der Waals surface area contributed by atoms with Gasteiger partial charge in [-0.25, -0.2) is 13.1 Å². The summed E-state index contributed by atoms with van der Waals surface area (Å²) in [6.07, 6.45) is 2.21. The largest absolute Gasteiger partial charge is 0.353 e. The fourth-order valence-electron chi connectivity index (χ4n) is 1.68. The van der Waals surface area contributed by atoms with Crippen LogP contribution in [0.2, 0.25) is 0 Å². The van der Waals surface area contributed by atoms with Crippen LogP contribution >= 0.6 is 0 Å². The molecular weight excluding hydrogens is 304 g/mol. The lowest BCUT2D eigenvalue weighted by Gasteiger charge is -2.07. The smallest absolute Gasteiger partial charge is 0.240 e. The first-order valence-electron chi connectivity index (χ1n) is 6.85. The molecule has 0 saturated carbocycles. The van der Waals surface area contributed by atoms with Gasteiger partial charge in [-0.2, -0.15) is 0 Å². The maximum atomic E-state index is 12.0. The Morgan fingerprint density at radius 2 is 1.86 bits per heavy atom. The number of ketones is 1. The highest BCUT2D eigenvalue weighted by molar-refractivity contribution is 7.89. The molecule has 0 fully saturated rings. The molecule has 0 spiro atoms. The molecule has 0 aliphatic rings.